The molecular formula is C21H27NOS. The molecule has 0 fully saturated rings. The van der Waals surface area contributed by atoms with Crippen LogP contribution in [0, 0.1) is 0 Å². The Labute approximate surface area is 151 Å². The molecule has 0 aliphatic heterocycles. The molecule has 3 heteroatoms. The molecule has 1 N–H and O–H groups in total. The van der Waals surface area contributed by atoms with Crippen LogP contribution in [-0.2, 0) is 10.8 Å². The fourth-order valence-corrected chi connectivity index (χ4v) is 2.59. The molecule has 0 unspecified atom stereocenters. The molecule has 0 atom stereocenters. The van der Waals surface area contributed by atoms with Crippen molar-refractivity contribution in [2.45, 2.75) is 57.3 Å². The maximum atomic E-state index is 10.7. The van der Waals surface area contributed by atoms with Gasteiger partial charge in [-0.1, -0.05) is 47.6 Å². The number of rotatable bonds is 2. The maximum absolute atomic E-state index is 10.7. The van der Waals surface area contributed by atoms with Crippen molar-refractivity contribution in [2.75, 3.05) is 0 Å². The highest BCUT2D eigenvalue weighted by Gasteiger charge is 2.24. The number of aliphatic imine (C=N–C) groups is 1. The van der Waals surface area contributed by atoms with Crippen LogP contribution < -0.4 is 0 Å². The van der Waals surface area contributed by atoms with Crippen molar-refractivity contribution >= 4 is 24.5 Å². The maximum Gasteiger partial charge on any atom is 0.128 e. The average Bonchev–Trinajstić information content (AvgIpc) is 2.45. The number of thiol groups is 1. The molecular weight excluding hydrogens is 314 g/mol. The molecule has 0 heterocycles. The lowest BCUT2D eigenvalue weighted by molar-refractivity contribution is 0.444. The van der Waals surface area contributed by atoms with Gasteiger partial charge in [0, 0.05) is 22.2 Å². The molecule has 0 amide bonds. The number of nitrogens with zero attached hydrogens (tertiary/aromatic N) is 1. The lowest BCUT2D eigenvalue weighted by atomic mass is 9.79. The van der Waals surface area contributed by atoms with Crippen molar-refractivity contribution in [1.29, 1.82) is 0 Å². The number of phenols is 1. The highest BCUT2D eigenvalue weighted by atomic mass is 32.1. The highest BCUT2D eigenvalue weighted by Crippen LogP contribution is 2.37. The Morgan fingerprint density at radius 2 is 1.50 bits per heavy atom. The molecule has 24 heavy (non-hydrogen) atoms. The van der Waals surface area contributed by atoms with Crippen LogP contribution >= 0.6 is 12.6 Å². The normalized spacial score (nSPS) is 12.8. The van der Waals surface area contributed by atoms with E-state index in [1.54, 1.807) is 6.21 Å². The van der Waals surface area contributed by atoms with Gasteiger partial charge in [0.15, 0.2) is 0 Å². The summed E-state index contributed by atoms with van der Waals surface area (Å²) in [5.74, 6) is 0.310. The molecule has 0 aliphatic rings. The van der Waals surface area contributed by atoms with Gasteiger partial charge >= 0.3 is 0 Å². The number of hydrogen-bond acceptors (Lipinski definition) is 3. The van der Waals surface area contributed by atoms with E-state index in [9.17, 15) is 5.11 Å². The van der Waals surface area contributed by atoms with Crippen molar-refractivity contribution in [2.24, 2.45) is 4.99 Å². The summed E-state index contributed by atoms with van der Waals surface area (Å²) in [6.07, 6.45) is 1.74. The average molecular weight is 342 g/mol. The molecule has 0 aromatic heterocycles. The van der Waals surface area contributed by atoms with E-state index in [4.69, 9.17) is 0 Å². The molecule has 0 saturated heterocycles. The standard InChI is InChI=1S/C21H27NOS/c1-20(2,3)15-11-14(19(23)18(12-15)21(4,5)6)13-22-16-7-9-17(24)10-8-16/h7-13,23-24H,1-6H3/b22-13+. The zero-order chi connectivity index (χ0) is 18.1. The number of benzene rings is 2. The molecule has 2 aromatic carbocycles. The van der Waals surface area contributed by atoms with Crippen LogP contribution in [0.2, 0.25) is 0 Å². The van der Waals surface area contributed by atoms with Gasteiger partial charge in [-0.25, -0.2) is 0 Å². The van der Waals surface area contributed by atoms with E-state index in [-0.39, 0.29) is 10.8 Å². The lowest BCUT2D eigenvalue weighted by Gasteiger charge is -2.26. The van der Waals surface area contributed by atoms with E-state index in [1.165, 1.54) is 5.56 Å². The zero-order valence-electron chi connectivity index (χ0n) is 15.4. The highest BCUT2D eigenvalue weighted by molar-refractivity contribution is 7.80. The molecule has 0 radical (unpaired) electrons. The summed E-state index contributed by atoms with van der Waals surface area (Å²) in [5, 5.41) is 10.7. The first-order valence-electron chi connectivity index (χ1n) is 8.19. The SMILES string of the molecule is CC(C)(C)c1cc(/C=N/c2ccc(S)cc2)c(O)c(C(C)(C)C)c1. The third-order valence-electron chi connectivity index (χ3n) is 4.02. The topological polar surface area (TPSA) is 32.6 Å². The quantitative estimate of drug-likeness (QED) is 0.507. The van der Waals surface area contributed by atoms with Gasteiger partial charge < -0.3 is 5.11 Å². The van der Waals surface area contributed by atoms with Crippen molar-refractivity contribution < 1.29 is 5.11 Å². The second-order valence-corrected chi connectivity index (χ2v) is 8.75. The van der Waals surface area contributed by atoms with Gasteiger partial charge in [0.05, 0.1) is 5.69 Å². The molecule has 0 spiro atoms. The van der Waals surface area contributed by atoms with Crippen molar-refractivity contribution in [3.63, 3.8) is 0 Å². The molecule has 0 bridgehead atoms. The summed E-state index contributed by atoms with van der Waals surface area (Å²) >= 11 is 4.28. The first-order valence-corrected chi connectivity index (χ1v) is 8.64. The Morgan fingerprint density at radius 1 is 0.917 bits per heavy atom. The molecule has 2 rings (SSSR count). The minimum Gasteiger partial charge on any atom is -0.507 e. The summed E-state index contributed by atoms with van der Waals surface area (Å²) in [4.78, 5) is 5.41. The Hall–Kier alpha value is -1.74. The number of hydrogen-bond donors (Lipinski definition) is 2. The van der Waals surface area contributed by atoms with Gasteiger partial charge in [0.1, 0.15) is 5.75 Å². The molecule has 0 aliphatic carbocycles. The van der Waals surface area contributed by atoms with Gasteiger partial charge in [-0.3, -0.25) is 4.99 Å². The summed E-state index contributed by atoms with van der Waals surface area (Å²) in [7, 11) is 0. The Bertz CT molecular complexity index is 747. The first kappa shape index (κ1) is 18.6. The predicted octanol–water partition coefficient (Wildman–Crippen LogP) is 6.03. The number of phenolic OH excluding ortho intramolecular Hbond substituents is 1. The third-order valence-corrected chi connectivity index (χ3v) is 4.31. The van der Waals surface area contributed by atoms with E-state index in [0.29, 0.717) is 5.75 Å². The van der Waals surface area contributed by atoms with E-state index in [2.05, 4.69) is 65.2 Å². The molecule has 2 aromatic rings. The van der Waals surface area contributed by atoms with Gasteiger partial charge in [0.2, 0.25) is 0 Å². The summed E-state index contributed by atoms with van der Waals surface area (Å²) in [6.45, 7) is 12.9. The Kier molecular flexibility index (Phi) is 5.14. The summed E-state index contributed by atoms with van der Waals surface area (Å²) in [6, 6.07) is 11.8. The summed E-state index contributed by atoms with van der Waals surface area (Å²) < 4.78 is 0. The van der Waals surface area contributed by atoms with Crippen molar-refractivity contribution in [1.82, 2.24) is 0 Å². The number of aromatic hydroxyl groups is 1. The smallest absolute Gasteiger partial charge is 0.128 e. The summed E-state index contributed by atoms with van der Waals surface area (Å²) in [5.41, 5.74) is 3.60. The van der Waals surface area contributed by atoms with Crippen LogP contribution in [0.5, 0.6) is 5.75 Å². The molecule has 0 saturated carbocycles. The van der Waals surface area contributed by atoms with Gasteiger partial charge in [0.25, 0.3) is 0 Å². The minimum absolute atomic E-state index is 0.00394. The molecule has 128 valence electrons. The Balaban J connectivity index is 2.54. The minimum atomic E-state index is -0.137. The van der Waals surface area contributed by atoms with E-state index in [1.807, 2.05) is 30.3 Å². The van der Waals surface area contributed by atoms with Crippen LogP contribution in [0.15, 0.2) is 46.3 Å². The largest absolute Gasteiger partial charge is 0.507 e. The first-order chi connectivity index (χ1) is 11.0. The fraction of sp³-hybridized carbons (Fsp3) is 0.381. The fourth-order valence-electron chi connectivity index (χ4n) is 2.44. The van der Waals surface area contributed by atoms with Crippen molar-refractivity contribution in [3.05, 3.63) is 53.1 Å². The third kappa shape index (κ3) is 4.41. The van der Waals surface area contributed by atoms with E-state index in [0.717, 1.165) is 21.7 Å². The molecule has 2 nitrogen and oxygen atoms in total. The van der Waals surface area contributed by atoms with Crippen LogP contribution in [0.4, 0.5) is 5.69 Å². The van der Waals surface area contributed by atoms with Gasteiger partial charge in [-0.15, -0.1) is 12.6 Å². The monoisotopic (exact) mass is 341 g/mol. The van der Waals surface area contributed by atoms with Crippen molar-refractivity contribution in [3.8, 4) is 5.75 Å². The zero-order valence-corrected chi connectivity index (χ0v) is 16.3. The van der Waals surface area contributed by atoms with Crippen LogP contribution in [0.3, 0.4) is 0 Å². The van der Waals surface area contributed by atoms with Crippen LogP contribution in [0.25, 0.3) is 0 Å². The van der Waals surface area contributed by atoms with E-state index >= 15 is 0 Å². The Morgan fingerprint density at radius 3 is 2.00 bits per heavy atom. The second kappa shape index (κ2) is 6.64. The van der Waals surface area contributed by atoms with Gasteiger partial charge in [-0.05, 0) is 46.7 Å². The van der Waals surface area contributed by atoms with Gasteiger partial charge in [-0.2, -0.15) is 0 Å². The second-order valence-electron chi connectivity index (χ2n) is 8.24. The van der Waals surface area contributed by atoms with E-state index < -0.39 is 0 Å². The van der Waals surface area contributed by atoms with Crippen LogP contribution in [0.1, 0.15) is 58.2 Å². The predicted molar refractivity (Wildman–Crippen MR) is 106 cm³/mol. The van der Waals surface area contributed by atoms with Crippen LogP contribution in [-0.4, -0.2) is 11.3 Å². The lowest BCUT2D eigenvalue weighted by Crippen LogP contribution is -2.17.